The SMILES string of the molecule is COc1ccc(C(=O)CCCCCC(=O)NC(CN2CCCC2)C(O)c2ccc(Cl)s2)cc1. The Kier molecular flexibility index (Phi) is 10.2. The van der Waals surface area contributed by atoms with E-state index in [4.69, 9.17) is 16.3 Å². The number of nitrogens with zero attached hydrogens (tertiary/aromatic N) is 1. The van der Waals surface area contributed by atoms with E-state index in [1.54, 1.807) is 37.4 Å². The van der Waals surface area contributed by atoms with E-state index in [9.17, 15) is 14.7 Å². The highest BCUT2D eigenvalue weighted by Gasteiger charge is 2.27. The van der Waals surface area contributed by atoms with Crippen molar-refractivity contribution in [2.45, 2.75) is 57.1 Å². The third-order valence-corrected chi connectivity index (χ3v) is 7.29. The molecule has 180 valence electrons. The number of unbranched alkanes of at least 4 members (excludes halogenated alkanes) is 2. The van der Waals surface area contributed by atoms with Gasteiger partial charge in [-0.2, -0.15) is 0 Å². The summed E-state index contributed by atoms with van der Waals surface area (Å²) in [6, 6.07) is 10.3. The zero-order valence-electron chi connectivity index (χ0n) is 19.1. The molecule has 0 bridgehead atoms. The van der Waals surface area contributed by atoms with E-state index in [1.807, 2.05) is 6.07 Å². The number of aliphatic hydroxyl groups excluding tert-OH is 1. The van der Waals surface area contributed by atoms with Crippen LogP contribution in [-0.4, -0.2) is 54.5 Å². The number of benzene rings is 1. The average Bonchev–Trinajstić information content (AvgIpc) is 3.49. The number of aliphatic hydroxyl groups is 1. The zero-order valence-corrected chi connectivity index (χ0v) is 20.7. The second kappa shape index (κ2) is 13.1. The Labute approximate surface area is 204 Å². The second-order valence-corrected chi connectivity index (χ2v) is 10.2. The number of carbonyl (C=O) groups is 2. The lowest BCUT2D eigenvalue weighted by atomic mass is 10.0. The molecule has 2 heterocycles. The number of thiophene rings is 1. The Bertz CT molecular complexity index is 896. The second-order valence-electron chi connectivity index (χ2n) is 8.48. The summed E-state index contributed by atoms with van der Waals surface area (Å²) in [5.41, 5.74) is 0.681. The van der Waals surface area contributed by atoms with Crippen molar-refractivity contribution in [3.63, 3.8) is 0 Å². The minimum Gasteiger partial charge on any atom is -0.497 e. The fourth-order valence-electron chi connectivity index (χ4n) is 4.10. The summed E-state index contributed by atoms with van der Waals surface area (Å²) in [6.45, 7) is 2.61. The van der Waals surface area contributed by atoms with Crippen LogP contribution < -0.4 is 10.1 Å². The van der Waals surface area contributed by atoms with E-state index in [0.29, 0.717) is 35.7 Å². The van der Waals surface area contributed by atoms with Gasteiger partial charge in [-0.3, -0.25) is 9.59 Å². The average molecular weight is 493 g/mol. The van der Waals surface area contributed by atoms with E-state index >= 15 is 0 Å². The molecule has 1 amide bonds. The van der Waals surface area contributed by atoms with E-state index in [0.717, 1.165) is 49.4 Å². The predicted molar refractivity (Wildman–Crippen MR) is 132 cm³/mol. The number of rotatable bonds is 13. The van der Waals surface area contributed by atoms with Crippen LogP contribution in [0.25, 0.3) is 0 Å². The zero-order chi connectivity index (χ0) is 23.6. The molecular weight excluding hydrogens is 460 g/mol. The number of methoxy groups -OCH3 is 1. The van der Waals surface area contributed by atoms with Gasteiger partial charge in [-0.05, 0) is 75.2 Å². The fourth-order valence-corrected chi connectivity index (χ4v) is 5.21. The normalized spacial score (nSPS) is 15.8. The molecule has 0 saturated carbocycles. The van der Waals surface area contributed by atoms with Gasteiger partial charge in [-0.15, -0.1) is 11.3 Å². The van der Waals surface area contributed by atoms with Gasteiger partial charge in [0, 0.05) is 29.8 Å². The van der Waals surface area contributed by atoms with E-state index in [2.05, 4.69) is 10.2 Å². The number of hydrogen-bond donors (Lipinski definition) is 2. The molecule has 1 fully saturated rings. The third-order valence-electron chi connectivity index (χ3n) is 5.99. The van der Waals surface area contributed by atoms with Crippen LogP contribution in [0.4, 0.5) is 0 Å². The van der Waals surface area contributed by atoms with Crippen molar-refractivity contribution in [2.24, 2.45) is 0 Å². The van der Waals surface area contributed by atoms with E-state index < -0.39 is 6.10 Å². The molecule has 33 heavy (non-hydrogen) atoms. The van der Waals surface area contributed by atoms with Gasteiger partial charge >= 0.3 is 0 Å². The van der Waals surface area contributed by atoms with Crippen molar-refractivity contribution < 1.29 is 19.4 Å². The van der Waals surface area contributed by atoms with E-state index in [-0.39, 0.29) is 17.7 Å². The predicted octanol–water partition coefficient (Wildman–Crippen LogP) is 4.86. The lowest BCUT2D eigenvalue weighted by Crippen LogP contribution is -2.46. The summed E-state index contributed by atoms with van der Waals surface area (Å²) in [4.78, 5) is 28.0. The van der Waals surface area contributed by atoms with Crippen molar-refractivity contribution in [1.82, 2.24) is 10.2 Å². The first kappa shape index (κ1) is 25.7. The maximum absolute atomic E-state index is 12.6. The van der Waals surface area contributed by atoms with Gasteiger partial charge in [0.2, 0.25) is 5.91 Å². The van der Waals surface area contributed by atoms with Gasteiger partial charge in [-0.1, -0.05) is 18.0 Å². The summed E-state index contributed by atoms with van der Waals surface area (Å²) in [5, 5.41) is 13.9. The number of carbonyl (C=O) groups excluding carboxylic acids is 2. The van der Waals surface area contributed by atoms with Crippen LogP contribution in [0.3, 0.4) is 0 Å². The number of hydrogen-bond acceptors (Lipinski definition) is 6. The molecule has 3 rings (SSSR count). The number of Topliss-reactive ketones (excluding diaryl/α,β-unsaturated/α-hetero) is 1. The Morgan fingerprint density at radius 1 is 1.09 bits per heavy atom. The summed E-state index contributed by atoms with van der Waals surface area (Å²) in [7, 11) is 1.60. The van der Waals surface area contributed by atoms with Crippen LogP contribution in [0, 0.1) is 0 Å². The van der Waals surface area contributed by atoms with Crippen LogP contribution in [-0.2, 0) is 4.79 Å². The lowest BCUT2D eigenvalue weighted by molar-refractivity contribution is -0.123. The van der Waals surface area contributed by atoms with Gasteiger partial charge in [0.1, 0.15) is 11.9 Å². The molecular formula is C25H33ClN2O4S. The quantitative estimate of drug-likeness (QED) is 0.308. The van der Waals surface area contributed by atoms with Crippen LogP contribution in [0.2, 0.25) is 4.34 Å². The molecule has 1 saturated heterocycles. The molecule has 2 aromatic rings. The summed E-state index contributed by atoms with van der Waals surface area (Å²) in [6.07, 6.45) is 4.61. The highest BCUT2D eigenvalue weighted by atomic mass is 35.5. The highest BCUT2D eigenvalue weighted by molar-refractivity contribution is 7.16. The van der Waals surface area contributed by atoms with Crippen LogP contribution in [0.1, 0.15) is 66.3 Å². The summed E-state index contributed by atoms with van der Waals surface area (Å²) < 4.78 is 5.74. The van der Waals surface area contributed by atoms with Gasteiger partial charge in [-0.25, -0.2) is 0 Å². The first-order chi connectivity index (χ1) is 16.0. The van der Waals surface area contributed by atoms with Gasteiger partial charge < -0.3 is 20.1 Å². The smallest absolute Gasteiger partial charge is 0.220 e. The third kappa shape index (κ3) is 8.10. The van der Waals surface area contributed by atoms with Gasteiger partial charge in [0.15, 0.2) is 5.78 Å². The molecule has 2 unspecified atom stereocenters. The van der Waals surface area contributed by atoms with Crippen molar-refractivity contribution in [2.75, 3.05) is 26.7 Å². The van der Waals surface area contributed by atoms with Crippen LogP contribution >= 0.6 is 22.9 Å². The van der Waals surface area contributed by atoms with E-state index in [1.165, 1.54) is 11.3 Å². The molecule has 0 aliphatic carbocycles. The highest BCUT2D eigenvalue weighted by Crippen LogP contribution is 2.29. The van der Waals surface area contributed by atoms with Crippen molar-refractivity contribution in [3.05, 3.63) is 51.2 Å². The Morgan fingerprint density at radius 2 is 1.79 bits per heavy atom. The summed E-state index contributed by atoms with van der Waals surface area (Å²) in [5.74, 6) is 0.765. The Morgan fingerprint density at radius 3 is 2.42 bits per heavy atom. The first-order valence-electron chi connectivity index (χ1n) is 11.6. The molecule has 1 aromatic heterocycles. The lowest BCUT2D eigenvalue weighted by Gasteiger charge is -2.28. The Balaban J connectivity index is 1.41. The van der Waals surface area contributed by atoms with Crippen molar-refractivity contribution in [1.29, 1.82) is 0 Å². The number of ketones is 1. The van der Waals surface area contributed by atoms with Crippen molar-refractivity contribution in [3.8, 4) is 5.75 Å². The largest absolute Gasteiger partial charge is 0.497 e. The number of nitrogens with one attached hydrogen (secondary N) is 1. The standard InChI is InChI=1S/C25H33ClN2O4S/c1-32-19-11-9-18(10-12-19)21(29)7-3-2-4-8-24(30)27-20(17-28-15-5-6-16-28)25(31)22-13-14-23(26)33-22/h9-14,20,25,31H,2-8,15-17H2,1H3,(H,27,30). The Hall–Kier alpha value is -1.93. The molecule has 1 aromatic carbocycles. The van der Waals surface area contributed by atoms with Gasteiger partial charge in [0.05, 0.1) is 17.5 Å². The minimum absolute atomic E-state index is 0.0672. The number of amides is 1. The molecule has 6 nitrogen and oxygen atoms in total. The molecule has 2 N–H and O–H groups in total. The molecule has 1 aliphatic heterocycles. The molecule has 1 aliphatic rings. The fraction of sp³-hybridized carbons (Fsp3) is 0.520. The molecule has 0 spiro atoms. The molecule has 0 radical (unpaired) electrons. The molecule has 2 atom stereocenters. The first-order valence-corrected chi connectivity index (χ1v) is 12.8. The minimum atomic E-state index is -0.783. The maximum atomic E-state index is 12.6. The van der Waals surface area contributed by atoms with Crippen molar-refractivity contribution >= 4 is 34.6 Å². The number of likely N-dealkylation sites (tertiary alicyclic amines) is 1. The number of halogens is 1. The monoisotopic (exact) mass is 492 g/mol. The topological polar surface area (TPSA) is 78.9 Å². The van der Waals surface area contributed by atoms with Crippen LogP contribution in [0.5, 0.6) is 5.75 Å². The number of ether oxygens (including phenoxy) is 1. The molecule has 8 heteroatoms. The summed E-state index contributed by atoms with van der Waals surface area (Å²) >= 11 is 7.38. The maximum Gasteiger partial charge on any atom is 0.220 e. The van der Waals surface area contributed by atoms with Crippen LogP contribution in [0.15, 0.2) is 36.4 Å². The van der Waals surface area contributed by atoms with Gasteiger partial charge in [0.25, 0.3) is 0 Å².